The molecular formula is C30H19BrCl3N3O4. The Morgan fingerprint density at radius 3 is 2.46 bits per heavy atom. The van der Waals surface area contributed by atoms with Crippen molar-refractivity contribution in [2.75, 3.05) is 7.11 Å². The van der Waals surface area contributed by atoms with Crippen LogP contribution in [0.3, 0.4) is 0 Å². The highest BCUT2D eigenvalue weighted by atomic mass is 79.9. The Kier molecular flexibility index (Phi) is 8.65. The number of hydrogen-bond donors (Lipinski definition) is 2. The minimum Gasteiger partial charge on any atom is -0.496 e. The van der Waals surface area contributed by atoms with Gasteiger partial charge in [0.25, 0.3) is 5.91 Å². The quantitative estimate of drug-likeness (QED) is 0.0785. The number of carbonyl (C=O) groups excluding carboxylic acids is 2. The fourth-order valence-electron chi connectivity index (χ4n) is 4.22. The number of rotatable bonds is 7. The molecule has 1 aromatic heterocycles. The van der Waals surface area contributed by atoms with E-state index in [1.54, 1.807) is 48.5 Å². The van der Waals surface area contributed by atoms with E-state index >= 15 is 0 Å². The summed E-state index contributed by atoms with van der Waals surface area (Å²) in [6.07, 6.45) is 1.37. The van der Waals surface area contributed by atoms with Crippen molar-refractivity contribution in [2.24, 2.45) is 5.10 Å². The van der Waals surface area contributed by atoms with Crippen LogP contribution in [0, 0.1) is 0 Å². The lowest BCUT2D eigenvalue weighted by atomic mass is 10.0. The number of hydrazone groups is 1. The van der Waals surface area contributed by atoms with Gasteiger partial charge in [-0.25, -0.2) is 10.2 Å². The summed E-state index contributed by atoms with van der Waals surface area (Å²) in [5, 5.41) is 6.15. The van der Waals surface area contributed by atoms with E-state index in [1.807, 2.05) is 24.3 Å². The minimum absolute atomic E-state index is 0.156. The molecule has 5 rings (SSSR count). The minimum atomic E-state index is -0.676. The van der Waals surface area contributed by atoms with Crippen molar-refractivity contribution >= 4 is 79.7 Å². The smallest absolute Gasteiger partial charge is 0.347 e. The van der Waals surface area contributed by atoms with E-state index in [-0.39, 0.29) is 17.0 Å². The molecule has 0 aliphatic carbocycles. The van der Waals surface area contributed by atoms with Crippen LogP contribution in [0.25, 0.3) is 22.0 Å². The summed E-state index contributed by atoms with van der Waals surface area (Å²) in [5.41, 5.74) is 5.18. The average molecular weight is 672 g/mol. The van der Waals surface area contributed by atoms with Crippen molar-refractivity contribution in [3.63, 3.8) is 0 Å². The number of nitrogens with zero attached hydrogens (tertiary/aromatic N) is 1. The molecule has 11 heteroatoms. The lowest BCUT2D eigenvalue weighted by Gasteiger charge is -2.11. The van der Waals surface area contributed by atoms with Crippen LogP contribution >= 0.6 is 50.7 Å². The number of fused-ring (bicyclic) bond motifs is 1. The fourth-order valence-corrected chi connectivity index (χ4v) is 5.22. The third-order valence-electron chi connectivity index (χ3n) is 6.08. The van der Waals surface area contributed by atoms with Gasteiger partial charge in [0.15, 0.2) is 0 Å². The van der Waals surface area contributed by atoms with E-state index < -0.39 is 11.9 Å². The van der Waals surface area contributed by atoms with E-state index in [4.69, 9.17) is 44.3 Å². The Morgan fingerprint density at radius 2 is 1.68 bits per heavy atom. The zero-order valence-electron chi connectivity index (χ0n) is 21.2. The Bertz CT molecular complexity index is 1840. The van der Waals surface area contributed by atoms with Crippen LogP contribution in [0.5, 0.6) is 11.5 Å². The molecule has 0 fully saturated rings. The van der Waals surface area contributed by atoms with Crippen LogP contribution in [0.2, 0.25) is 15.1 Å². The molecule has 0 atom stereocenters. The summed E-state index contributed by atoms with van der Waals surface area (Å²) >= 11 is 22.4. The summed E-state index contributed by atoms with van der Waals surface area (Å²) < 4.78 is 11.6. The molecule has 1 amide bonds. The number of para-hydroxylation sites is 1. The SMILES string of the molecule is COc1ccc(Cl)cc1C(=O)Oc1ccc(Br)cc1C=NNC(=O)c1[nH]c2c(Cl)cccc2c1-c1ccccc1Cl. The largest absolute Gasteiger partial charge is 0.496 e. The first-order valence-corrected chi connectivity index (χ1v) is 13.9. The van der Waals surface area contributed by atoms with E-state index in [0.717, 1.165) is 5.39 Å². The van der Waals surface area contributed by atoms with Gasteiger partial charge in [0.1, 0.15) is 22.8 Å². The van der Waals surface area contributed by atoms with Crippen molar-refractivity contribution in [1.29, 1.82) is 0 Å². The zero-order chi connectivity index (χ0) is 29.1. The van der Waals surface area contributed by atoms with Gasteiger partial charge >= 0.3 is 5.97 Å². The number of carbonyl (C=O) groups is 2. The van der Waals surface area contributed by atoms with Crippen LogP contribution in [-0.4, -0.2) is 30.2 Å². The maximum atomic E-state index is 13.4. The molecule has 0 aliphatic heterocycles. The molecule has 1 heterocycles. The highest BCUT2D eigenvalue weighted by Gasteiger charge is 2.22. The Hall–Kier alpha value is -3.82. The lowest BCUT2D eigenvalue weighted by Crippen LogP contribution is -2.19. The third-order valence-corrected chi connectivity index (χ3v) is 7.45. The Labute approximate surface area is 258 Å². The molecule has 0 saturated heterocycles. The molecule has 0 radical (unpaired) electrons. The number of ether oxygens (including phenoxy) is 2. The fraction of sp³-hybridized carbons (Fsp3) is 0.0333. The van der Waals surface area contributed by atoms with Crippen molar-refractivity contribution in [3.05, 3.63) is 115 Å². The molecule has 5 aromatic rings. The van der Waals surface area contributed by atoms with E-state index in [2.05, 4.69) is 31.4 Å². The van der Waals surface area contributed by atoms with Gasteiger partial charge in [-0.05, 0) is 48.5 Å². The maximum Gasteiger partial charge on any atom is 0.347 e. The summed E-state index contributed by atoms with van der Waals surface area (Å²) in [5.74, 6) is -0.690. The Balaban J connectivity index is 1.44. The van der Waals surface area contributed by atoms with Gasteiger partial charge in [0.05, 0.1) is 23.9 Å². The Morgan fingerprint density at radius 1 is 0.927 bits per heavy atom. The van der Waals surface area contributed by atoms with Gasteiger partial charge < -0.3 is 14.5 Å². The second kappa shape index (κ2) is 12.4. The molecule has 0 bridgehead atoms. The predicted octanol–water partition coefficient (Wildman–Crippen LogP) is 8.55. The second-order valence-electron chi connectivity index (χ2n) is 8.63. The summed E-state index contributed by atoms with van der Waals surface area (Å²) in [4.78, 5) is 29.4. The zero-order valence-corrected chi connectivity index (χ0v) is 25.0. The first-order valence-electron chi connectivity index (χ1n) is 12.0. The number of H-pyrrole nitrogens is 1. The number of halogens is 4. The predicted molar refractivity (Wildman–Crippen MR) is 166 cm³/mol. The van der Waals surface area contributed by atoms with Gasteiger partial charge in [-0.3, -0.25) is 4.79 Å². The second-order valence-corrected chi connectivity index (χ2v) is 10.8. The number of benzene rings is 4. The topological polar surface area (TPSA) is 92.8 Å². The van der Waals surface area contributed by atoms with Crippen molar-refractivity contribution in [2.45, 2.75) is 0 Å². The van der Waals surface area contributed by atoms with Crippen molar-refractivity contribution in [3.8, 4) is 22.6 Å². The van der Waals surface area contributed by atoms with Gasteiger partial charge in [-0.1, -0.05) is 81.1 Å². The average Bonchev–Trinajstić information content (AvgIpc) is 3.35. The van der Waals surface area contributed by atoms with Crippen molar-refractivity contribution < 1.29 is 19.1 Å². The van der Waals surface area contributed by atoms with E-state index in [9.17, 15) is 9.59 Å². The number of hydrogen-bond acceptors (Lipinski definition) is 5. The number of nitrogens with one attached hydrogen (secondary N) is 2. The van der Waals surface area contributed by atoms with Crippen LogP contribution in [0.4, 0.5) is 0 Å². The maximum absolute atomic E-state index is 13.4. The first kappa shape index (κ1) is 28.7. The molecule has 206 valence electrons. The van der Waals surface area contributed by atoms with Gasteiger partial charge in [-0.2, -0.15) is 5.10 Å². The number of amides is 1. The molecule has 0 unspecified atom stereocenters. The van der Waals surface area contributed by atoms with Gasteiger partial charge in [-0.15, -0.1) is 0 Å². The highest BCUT2D eigenvalue weighted by molar-refractivity contribution is 9.10. The molecule has 2 N–H and O–H groups in total. The number of aromatic nitrogens is 1. The normalized spacial score (nSPS) is 11.1. The molecular weight excluding hydrogens is 653 g/mol. The molecule has 0 saturated carbocycles. The van der Waals surface area contributed by atoms with Crippen LogP contribution in [-0.2, 0) is 0 Å². The molecule has 4 aromatic carbocycles. The van der Waals surface area contributed by atoms with E-state index in [0.29, 0.717) is 47.5 Å². The molecule has 0 spiro atoms. The molecule has 41 heavy (non-hydrogen) atoms. The van der Waals surface area contributed by atoms with Crippen LogP contribution < -0.4 is 14.9 Å². The highest BCUT2D eigenvalue weighted by Crippen LogP contribution is 2.38. The molecule has 7 nitrogen and oxygen atoms in total. The number of methoxy groups -OCH3 is 1. The monoisotopic (exact) mass is 669 g/mol. The summed E-state index contributed by atoms with van der Waals surface area (Å²) in [7, 11) is 1.44. The first-order chi connectivity index (χ1) is 19.8. The van der Waals surface area contributed by atoms with Crippen molar-refractivity contribution in [1.82, 2.24) is 10.4 Å². The van der Waals surface area contributed by atoms with E-state index in [1.165, 1.54) is 19.4 Å². The summed E-state index contributed by atoms with van der Waals surface area (Å²) in [6.45, 7) is 0. The van der Waals surface area contributed by atoms with Crippen LogP contribution in [0.1, 0.15) is 26.4 Å². The standard InChI is InChI=1S/C30H19BrCl3N3O4/c1-40-25-12-10-18(32)14-21(25)30(39)41-24-11-9-17(31)13-16(24)15-35-37-29(38)28-26(19-5-2-3-7-22(19)33)20-6-4-8-23(34)27(20)36-28/h2-15,36H,1H3,(H,37,38). The molecule has 0 aliphatic rings. The summed E-state index contributed by atoms with van der Waals surface area (Å²) in [6, 6.07) is 22.2. The van der Waals surface area contributed by atoms with Crippen LogP contribution in [0.15, 0.2) is 88.4 Å². The lowest BCUT2D eigenvalue weighted by molar-refractivity contribution is 0.0730. The van der Waals surface area contributed by atoms with Gasteiger partial charge in [0.2, 0.25) is 0 Å². The van der Waals surface area contributed by atoms with Gasteiger partial charge in [0, 0.05) is 36.6 Å². The number of aromatic amines is 1. The third kappa shape index (κ3) is 6.11. The number of esters is 1.